The molecule has 31 heavy (non-hydrogen) atoms. The highest BCUT2D eigenvalue weighted by Crippen LogP contribution is 2.16. The Balaban J connectivity index is -0.000000322. The first-order chi connectivity index (χ1) is 14.2. The van der Waals surface area contributed by atoms with Crippen LogP contribution in [0, 0.1) is 0 Å². The van der Waals surface area contributed by atoms with Gasteiger partial charge in [0.25, 0.3) is 0 Å². The molecular formula is C25H42O6. The average Bonchev–Trinajstić information content (AvgIpc) is 3.57. The fourth-order valence-electron chi connectivity index (χ4n) is 3.01. The topological polar surface area (TPSA) is 131 Å². The van der Waals surface area contributed by atoms with Crippen molar-refractivity contribution in [1.82, 2.24) is 0 Å². The van der Waals surface area contributed by atoms with Crippen molar-refractivity contribution in [3.63, 3.8) is 0 Å². The zero-order valence-electron chi connectivity index (χ0n) is 18.5. The van der Waals surface area contributed by atoms with Crippen molar-refractivity contribution in [1.29, 1.82) is 0 Å². The summed E-state index contributed by atoms with van der Waals surface area (Å²) in [6.07, 6.45) is 28.7. The van der Waals surface area contributed by atoms with Gasteiger partial charge < -0.3 is 20.5 Å². The monoisotopic (exact) mass is 438 g/mol. The molecular weight excluding hydrogens is 396 g/mol. The van der Waals surface area contributed by atoms with Crippen LogP contribution in [0.2, 0.25) is 0 Å². The number of Topliss-reactive ketones (excluding diaryl/α,β-unsaturated/α-hetero) is 1. The molecule has 0 saturated heterocycles. The van der Waals surface area contributed by atoms with Crippen LogP contribution in [0.3, 0.4) is 0 Å². The number of ketones is 1. The van der Waals surface area contributed by atoms with Gasteiger partial charge in [-0.2, -0.15) is 0 Å². The Kier molecular flexibility index (Phi) is 22.3. The lowest BCUT2D eigenvalue weighted by atomic mass is 10.3. The second-order valence-corrected chi connectivity index (χ2v) is 7.31. The summed E-state index contributed by atoms with van der Waals surface area (Å²) in [6, 6.07) is 3.27. The minimum atomic E-state index is 0. The average molecular weight is 439 g/mol. The van der Waals surface area contributed by atoms with Crippen molar-refractivity contribution in [2.75, 3.05) is 0 Å². The van der Waals surface area contributed by atoms with Gasteiger partial charge in [0.1, 0.15) is 5.78 Å². The summed E-state index contributed by atoms with van der Waals surface area (Å²) < 4.78 is 4.61. The molecule has 6 heteroatoms. The molecule has 4 aliphatic rings. The molecule has 4 aliphatic carbocycles. The van der Waals surface area contributed by atoms with E-state index in [0.29, 0.717) is 17.8 Å². The minimum Gasteiger partial charge on any atom is -0.462 e. The fourth-order valence-corrected chi connectivity index (χ4v) is 3.01. The first-order valence-electron chi connectivity index (χ1n) is 10.9. The van der Waals surface area contributed by atoms with Crippen molar-refractivity contribution in [2.24, 2.45) is 0 Å². The SMILES string of the molecule is C1=CCC=C1.C1=CCCC1.O.O.O=C1CCCC1.O=Cc1ccco1.OC1CCCC1.[HH]. The van der Waals surface area contributed by atoms with Gasteiger partial charge in [-0.25, -0.2) is 0 Å². The van der Waals surface area contributed by atoms with Crippen molar-refractivity contribution in [3.05, 3.63) is 60.6 Å². The van der Waals surface area contributed by atoms with Gasteiger partial charge in [0.15, 0.2) is 12.0 Å². The van der Waals surface area contributed by atoms with E-state index in [4.69, 9.17) is 5.11 Å². The van der Waals surface area contributed by atoms with Crippen LogP contribution in [0.1, 0.15) is 89.0 Å². The fraction of sp³-hybridized carbons (Fsp3) is 0.520. The van der Waals surface area contributed by atoms with Gasteiger partial charge in [-0.3, -0.25) is 9.59 Å². The van der Waals surface area contributed by atoms with Crippen molar-refractivity contribution in [3.8, 4) is 0 Å². The molecule has 0 aliphatic heterocycles. The first-order valence-corrected chi connectivity index (χ1v) is 10.9. The van der Waals surface area contributed by atoms with Crippen LogP contribution in [0.25, 0.3) is 0 Å². The number of aldehydes is 1. The van der Waals surface area contributed by atoms with Crippen LogP contribution >= 0.6 is 0 Å². The Hall–Kier alpha value is -2.28. The quantitative estimate of drug-likeness (QED) is 0.490. The van der Waals surface area contributed by atoms with Gasteiger partial charge in [-0.15, -0.1) is 0 Å². The minimum absolute atomic E-state index is 0. The number of hydrogen-bond donors (Lipinski definition) is 1. The predicted octanol–water partition coefficient (Wildman–Crippen LogP) is 4.97. The van der Waals surface area contributed by atoms with Crippen LogP contribution in [-0.2, 0) is 4.79 Å². The number of furan rings is 1. The number of hydrogen-bond acceptors (Lipinski definition) is 4. The number of aliphatic hydroxyl groups is 1. The Bertz CT molecular complexity index is 592. The van der Waals surface area contributed by atoms with E-state index in [0.717, 1.165) is 44.9 Å². The van der Waals surface area contributed by atoms with E-state index >= 15 is 0 Å². The molecule has 2 saturated carbocycles. The van der Waals surface area contributed by atoms with Crippen molar-refractivity contribution >= 4 is 12.1 Å². The molecule has 0 bridgehead atoms. The third kappa shape index (κ3) is 19.4. The van der Waals surface area contributed by atoms with Crippen molar-refractivity contribution < 1.29 is 31.5 Å². The molecule has 0 radical (unpaired) electrons. The molecule has 1 aromatic heterocycles. The van der Waals surface area contributed by atoms with E-state index in [-0.39, 0.29) is 18.5 Å². The van der Waals surface area contributed by atoms with E-state index in [1.54, 1.807) is 12.1 Å². The number of aliphatic hydroxyl groups excluding tert-OH is 1. The highest BCUT2D eigenvalue weighted by Gasteiger charge is 2.09. The first kappa shape index (κ1) is 30.9. The van der Waals surface area contributed by atoms with E-state index in [1.807, 2.05) is 0 Å². The van der Waals surface area contributed by atoms with Crippen LogP contribution in [0.4, 0.5) is 0 Å². The van der Waals surface area contributed by atoms with Crippen LogP contribution < -0.4 is 0 Å². The van der Waals surface area contributed by atoms with Gasteiger partial charge in [0.2, 0.25) is 0 Å². The summed E-state index contributed by atoms with van der Waals surface area (Å²) in [5.74, 6) is 0.829. The highest BCUT2D eigenvalue weighted by molar-refractivity contribution is 5.80. The van der Waals surface area contributed by atoms with Crippen LogP contribution in [0.5, 0.6) is 0 Å². The number of rotatable bonds is 1. The Morgan fingerprint density at radius 1 is 0.903 bits per heavy atom. The molecule has 0 atom stereocenters. The summed E-state index contributed by atoms with van der Waals surface area (Å²) in [6.45, 7) is 0. The molecule has 178 valence electrons. The van der Waals surface area contributed by atoms with Gasteiger partial charge >= 0.3 is 0 Å². The zero-order valence-corrected chi connectivity index (χ0v) is 18.5. The summed E-state index contributed by atoms with van der Waals surface area (Å²) in [4.78, 5) is 20.0. The Labute approximate surface area is 187 Å². The summed E-state index contributed by atoms with van der Waals surface area (Å²) in [5.41, 5.74) is 0. The summed E-state index contributed by atoms with van der Waals surface area (Å²) in [5, 5.41) is 8.73. The molecule has 5 N–H and O–H groups in total. The van der Waals surface area contributed by atoms with Gasteiger partial charge in [0.05, 0.1) is 12.4 Å². The Morgan fingerprint density at radius 2 is 1.48 bits per heavy atom. The Morgan fingerprint density at radius 3 is 1.68 bits per heavy atom. The highest BCUT2D eigenvalue weighted by atomic mass is 16.3. The molecule has 1 heterocycles. The molecule has 5 rings (SSSR count). The lowest BCUT2D eigenvalue weighted by Crippen LogP contribution is -1.94. The largest absolute Gasteiger partial charge is 0.462 e. The maximum absolute atomic E-state index is 10.2. The molecule has 0 aromatic carbocycles. The van der Waals surface area contributed by atoms with Crippen LogP contribution in [-0.4, -0.2) is 34.2 Å². The van der Waals surface area contributed by atoms with Gasteiger partial charge in [-0.05, 0) is 63.5 Å². The summed E-state index contributed by atoms with van der Waals surface area (Å²) >= 11 is 0. The smallest absolute Gasteiger partial charge is 0.185 e. The molecule has 0 amide bonds. The maximum atomic E-state index is 10.2. The number of carbonyl (C=O) groups is 2. The number of allylic oxidation sites excluding steroid dienone is 6. The molecule has 6 nitrogen and oxygen atoms in total. The van der Waals surface area contributed by atoms with Crippen LogP contribution in [0.15, 0.2) is 59.3 Å². The number of carbonyl (C=O) groups excluding carboxylic acids is 2. The molecule has 0 spiro atoms. The van der Waals surface area contributed by atoms with Gasteiger partial charge in [-0.1, -0.05) is 49.3 Å². The standard InChI is InChI=1S/C5H4O2.C5H10O.C5H8O.C5H8.C5H6.2H2O.H2/c6-4-5-2-1-3-7-5;2*6-5-3-1-2-4-5;2*1-2-4-5-3-1;;;/h1-4H;5-6H,1-4H2;1-4H2;1-2H,3-5H2;1-4H,5H2;2*1H2;1H. The van der Waals surface area contributed by atoms with Gasteiger partial charge in [0, 0.05) is 14.3 Å². The van der Waals surface area contributed by atoms with E-state index in [1.165, 1.54) is 38.4 Å². The second kappa shape index (κ2) is 22.4. The molecule has 2 fully saturated rings. The van der Waals surface area contributed by atoms with E-state index in [9.17, 15) is 9.59 Å². The third-order valence-electron chi connectivity index (χ3n) is 4.71. The summed E-state index contributed by atoms with van der Waals surface area (Å²) in [7, 11) is 0. The lowest BCUT2D eigenvalue weighted by molar-refractivity contribution is -0.117. The predicted molar refractivity (Wildman–Crippen MR) is 127 cm³/mol. The van der Waals surface area contributed by atoms with Crippen molar-refractivity contribution in [2.45, 2.75) is 83.2 Å². The molecule has 1 aromatic rings. The molecule has 0 unspecified atom stereocenters. The maximum Gasteiger partial charge on any atom is 0.185 e. The lowest BCUT2D eigenvalue weighted by Gasteiger charge is -1.91. The van der Waals surface area contributed by atoms with E-state index < -0.39 is 0 Å². The van der Waals surface area contributed by atoms with E-state index in [2.05, 4.69) is 40.9 Å². The normalized spacial score (nSPS) is 17.4. The zero-order chi connectivity index (χ0) is 21.0. The third-order valence-corrected chi connectivity index (χ3v) is 4.71. The second-order valence-electron chi connectivity index (χ2n) is 7.31.